The Morgan fingerprint density at radius 1 is 1.22 bits per heavy atom. The number of rotatable bonds is 9. The Kier molecular flexibility index (Phi) is 8.69. The first-order valence-electron chi connectivity index (χ1n) is 9.17. The number of anilines is 1. The fraction of sp³-hybridized carbons (Fsp3) is 0.273. The number of thioether (sulfide) groups is 1. The standard InChI is InChI=1S/C22H29N3S2/c1-4-13-25-16(2)9-10-17-7-5-6-8-18(17)14-22(23)27-19-11-12-20(24-3)21(26)15-19/h5-9,11-12,14-15,24-26H,4,10,13,23H2,1-3H3/b16-9-,22-14+. The molecule has 0 aliphatic heterocycles. The highest BCUT2D eigenvalue weighted by atomic mass is 32.2. The van der Waals surface area contributed by atoms with Crippen LogP contribution in [0.3, 0.4) is 0 Å². The van der Waals surface area contributed by atoms with Gasteiger partial charge in [0.25, 0.3) is 0 Å². The van der Waals surface area contributed by atoms with Crippen LogP contribution in [-0.2, 0) is 6.42 Å². The van der Waals surface area contributed by atoms with Crippen molar-refractivity contribution in [2.24, 2.45) is 5.73 Å². The van der Waals surface area contributed by atoms with Crippen LogP contribution < -0.4 is 16.4 Å². The first kappa shape index (κ1) is 21.3. The van der Waals surface area contributed by atoms with E-state index in [1.807, 2.05) is 37.4 Å². The lowest BCUT2D eigenvalue weighted by Crippen LogP contribution is -2.11. The van der Waals surface area contributed by atoms with Crippen LogP contribution in [0.15, 0.2) is 69.1 Å². The molecule has 0 aliphatic carbocycles. The molecule has 2 rings (SSSR count). The van der Waals surface area contributed by atoms with E-state index in [9.17, 15) is 0 Å². The van der Waals surface area contributed by atoms with Gasteiger partial charge in [0.15, 0.2) is 0 Å². The molecule has 27 heavy (non-hydrogen) atoms. The van der Waals surface area contributed by atoms with Crippen molar-refractivity contribution in [2.75, 3.05) is 18.9 Å². The van der Waals surface area contributed by atoms with Crippen molar-refractivity contribution in [1.29, 1.82) is 0 Å². The summed E-state index contributed by atoms with van der Waals surface area (Å²) in [5, 5.41) is 7.29. The molecule has 2 aromatic rings. The van der Waals surface area contributed by atoms with Gasteiger partial charge in [-0.15, -0.1) is 12.6 Å². The van der Waals surface area contributed by atoms with Crippen LogP contribution in [0.1, 0.15) is 31.4 Å². The third-order valence-electron chi connectivity index (χ3n) is 4.11. The third-order valence-corrected chi connectivity index (χ3v) is 5.32. The van der Waals surface area contributed by atoms with Crippen molar-refractivity contribution >= 4 is 36.2 Å². The Labute approximate surface area is 172 Å². The maximum atomic E-state index is 6.30. The second-order valence-corrected chi connectivity index (χ2v) is 7.92. The summed E-state index contributed by atoms with van der Waals surface area (Å²) in [5.41, 5.74) is 10.9. The van der Waals surface area contributed by atoms with Crippen LogP contribution >= 0.6 is 24.4 Å². The van der Waals surface area contributed by atoms with Crippen molar-refractivity contribution in [2.45, 2.75) is 36.5 Å². The van der Waals surface area contributed by atoms with E-state index in [4.69, 9.17) is 5.73 Å². The van der Waals surface area contributed by atoms with Crippen LogP contribution in [0, 0.1) is 0 Å². The molecule has 5 heteroatoms. The highest BCUT2D eigenvalue weighted by Gasteiger charge is 2.04. The van der Waals surface area contributed by atoms with E-state index in [0.717, 1.165) is 45.5 Å². The average Bonchev–Trinajstić information content (AvgIpc) is 2.65. The Balaban J connectivity index is 2.12. The predicted octanol–water partition coefficient (Wildman–Crippen LogP) is 5.51. The van der Waals surface area contributed by atoms with E-state index in [2.05, 4.69) is 61.4 Å². The lowest BCUT2D eigenvalue weighted by molar-refractivity contribution is 0.766. The van der Waals surface area contributed by atoms with Crippen LogP contribution in [0.4, 0.5) is 5.69 Å². The molecule has 2 aromatic carbocycles. The van der Waals surface area contributed by atoms with Crippen LogP contribution in [0.5, 0.6) is 0 Å². The minimum absolute atomic E-state index is 0.761. The molecule has 0 heterocycles. The summed E-state index contributed by atoms with van der Waals surface area (Å²) in [6.07, 6.45) is 6.29. The van der Waals surface area contributed by atoms with Gasteiger partial charge in [-0.2, -0.15) is 0 Å². The van der Waals surface area contributed by atoms with E-state index in [-0.39, 0.29) is 0 Å². The molecule has 0 spiro atoms. The molecule has 0 aromatic heterocycles. The summed E-state index contributed by atoms with van der Waals surface area (Å²) >= 11 is 6.06. The van der Waals surface area contributed by atoms with Gasteiger partial charge in [-0.3, -0.25) is 0 Å². The highest BCUT2D eigenvalue weighted by molar-refractivity contribution is 8.03. The number of hydrogen-bond acceptors (Lipinski definition) is 5. The van der Waals surface area contributed by atoms with Crippen molar-refractivity contribution in [3.05, 3.63) is 70.4 Å². The summed E-state index contributed by atoms with van der Waals surface area (Å²) in [5.74, 6) is 0. The summed E-state index contributed by atoms with van der Waals surface area (Å²) in [6, 6.07) is 14.5. The molecule has 0 amide bonds. The van der Waals surface area contributed by atoms with Gasteiger partial charge in [-0.05, 0) is 55.2 Å². The van der Waals surface area contributed by atoms with Crippen LogP contribution in [-0.4, -0.2) is 13.6 Å². The molecule has 0 aliphatic rings. The molecule has 0 radical (unpaired) electrons. The number of benzene rings is 2. The molecule has 0 saturated heterocycles. The highest BCUT2D eigenvalue weighted by Crippen LogP contribution is 2.30. The predicted molar refractivity (Wildman–Crippen MR) is 123 cm³/mol. The van der Waals surface area contributed by atoms with E-state index in [0.29, 0.717) is 0 Å². The van der Waals surface area contributed by atoms with Gasteiger partial charge in [0, 0.05) is 34.8 Å². The van der Waals surface area contributed by atoms with Gasteiger partial charge < -0.3 is 16.4 Å². The van der Waals surface area contributed by atoms with Gasteiger partial charge in [0.05, 0.1) is 5.03 Å². The lowest BCUT2D eigenvalue weighted by atomic mass is 10.0. The number of hydrogen-bond donors (Lipinski definition) is 4. The summed E-state index contributed by atoms with van der Waals surface area (Å²) in [4.78, 5) is 1.99. The van der Waals surface area contributed by atoms with Crippen LogP contribution in [0.2, 0.25) is 0 Å². The minimum atomic E-state index is 0.761. The second-order valence-electron chi connectivity index (χ2n) is 6.29. The Hall–Kier alpha value is -1.98. The number of nitrogens with one attached hydrogen (secondary N) is 2. The maximum Gasteiger partial charge on any atom is 0.0709 e. The molecule has 0 unspecified atom stereocenters. The minimum Gasteiger partial charge on any atom is -0.393 e. The first-order chi connectivity index (χ1) is 13.0. The second kappa shape index (κ2) is 11.0. The lowest BCUT2D eigenvalue weighted by Gasteiger charge is -2.09. The van der Waals surface area contributed by atoms with E-state index in [1.165, 1.54) is 11.3 Å². The van der Waals surface area contributed by atoms with Crippen molar-refractivity contribution in [3.8, 4) is 0 Å². The van der Waals surface area contributed by atoms with Gasteiger partial charge in [-0.1, -0.05) is 49.0 Å². The quantitative estimate of drug-likeness (QED) is 0.332. The van der Waals surface area contributed by atoms with Crippen molar-refractivity contribution in [3.63, 3.8) is 0 Å². The zero-order chi connectivity index (χ0) is 19.6. The van der Waals surface area contributed by atoms with Gasteiger partial charge in [0.1, 0.15) is 0 Å². The summed E-state index contributed by atoms with van der Waals surface area (Å²) in [7, 11) is 1.89. The normalized spacial score (nSPS) is 12.1. The van der Waals surface area contributed by atoms with E-state index < -0.39 is 0 Å². The van der Waals surface area contributed by atoms with Gasteiger partial charge in [-0.25, -0.2) is 0 Å². The first-order valence-corrected chi connectivity index (χ1v) is 10.4. The molecule has 144 valence electrons. The van der Waals surface area contributed by atoms with Crippen molar-refractivity contribution < 1.29 is 0 Å². The maximum absolute atomic E-state index is 6.30. The number of thiol groups is 1. The molecule has 0 saturated carbocycles. The fourth-order valence-corrected chi connectivity index (χ4v) is 3.81. The Morgan fingerprint density at radius 3 is 2.70 bits per heavy atom. The fourth-order valence-electron chi connectivity index (χ4n) is 2.62. The number of nitrogens with two attached hydrogens (primary N) is 1. The zero-order valence-corrected chi connectivity index (χ0v) is 18.0. The molecule has 0 bridgehead atoms. The van der Waals surface area contributed by atoms with E-state index in [1.54, 1.807) is 11.8 Å². The summed E-state index contributed by atoms with van der Waals surface area (Å²) < 4.78 is 0. The SMILES string of the molecule is CCCN/C(C)=C\Cc1ccccc1/C=C(\N)Sc1ccc(NC)c(S)c1. The zero-order valence-electron chi connectivity index (χ0n) is 16.3. The van der Waals surface area contributed by atoms with E-state index >= 15 is 0 Å². The van der Waals surface area contributed by atoms with Crippen LogP contribution in [0.25, 0.3) is 6.08 Å². The summed E-state index contributed by atoms with van der Waals surface area (Å²) in [6.45, 7) is 5.29. The molecular weight excluding hydrogens is 370 g/mol. The Bertz CT molecular complexity index is 813. The largest absolute Gasteiger partial charge is 0.393 e. The third kappa shape index (κ3) is 6.92. The number of allylic oxidation sites excluding steroid dienone is 2. The molecule has 4 N–H and O–H groups in total. The molecule has 3 nitrogen and oxygen atoms in total. The monoisotopic (exact) mass is 399 g/mol. The van der Waals surface area contributed by atoms with Crippen molar-refractivity contribution in [1.82, 2.24) is 5.32 Å². The molecular formula is C22H29N3S2. The Morgan fingerprint density at radius 2 is 2.00 bits per heavy atom. The molecule has 0 fully saturated rings. The smallest absolute Gasteiger partial charge is 0.0709 e. The topological polar surface area (TPSA) is 50.1 Å². The molecule has 0 atom stereocenters. The van der Waals surface area contributed by atoms with Gasteiger partial charge in [0.2, 0.25) is 0 Å². The van der Waals surface area contributed by atoms with Gasteiger partial charge >= 0.3 is 0 Å². The average molecular weight is 400 g/mol.